The van der Waals surface area contributed by atoms with Crippen LogP contribution in [0.5, 0.6) is 5.75 Å². The standard InChI is InChI=1S/C19H24N2O2/c1-15-8-7-9-17(14-15)20-19(22)16(2)21(3)12-13-23-18-10-5-4-6-11-18/h4-11,14,16H,12-13H2,1-3H3,(H,20,22). The second kappa shape index (κ2) is 8.34. The van der Waals surface area contributed by atoms with Gasteiger partial charge in [-0.05, 0) is 50.7 Å². The van der Waals surface area contributed by atoms with Gasteiger partial charge in [-0.3, -0.25) is 9.69 Å². The summed E-state index contributed by atoms with van der Waals surface area (Å²) in [5.41, 5.74) is 1.95. The minimum absolute atomic E-state index is 0.0159. The van der Waals surface area contributed by atoms with E-state index in [9.17, 15) is 4.79 Å². The van der Waals surface area contributed by atoms with E-state index in [2.05, 4.69) is 5.32 Å². The molecular formula is C19H24N2O2. The monoisotopic (exact) mass is 312 g/mol. The van der Waals surface area contributed by atoms with Crippen molar-refractivity contribution in [3.8, 4) is 5.75 Å². The molecule has 23 heavy (non-hydrogen) atoms. The highest BCUT2D eigenvalue weighted by atomic mass is 16.5. The van der Waals surface area contributed by atoms with Crippen LogP contribution in [0.25, 0.3) is 0 Å². The molecule has 2 aromatic carbocycles. The highest BCUT2D eigenvalue weighted by molar-refractivity contribution is 5.94. The fourth-order valence-electron chi connectivity index (χ4n) is 2.19. The number of amides is 1. The number of carbonyl (C=O) groups excluding carboxylic acids is 1. The normalized spacial score (nSPS) is 12.0. The summed E-state index contributed by atoms with van der Waals surface area (Å²) in [6, 6.07) is 17.3. The topological polar surface area (TPSA) is 41.6 Å². The molecule has 2 rings (SSSR count). The summed E-state index contributed by atoms with van der Waals surface area (Å²) in [6.45, 7) is 5.12. The molecule has 4 heteroatoms. The van der Waals surface area contributed by atoms with E-state index >= 15 is 0 Å². The third-order valence-electron chi connectivity index (χ3n) is 3.78. The average Bonchev–Trinajstić information content (AvgIpc) is 2.55. The zero-order chi connectivity index (χ0) is 16.7. The predicted molar refractivity (Wildman–Crippen MR) is 93.8 cm³/mol. The van der Waals surface area contributed by atoms with Crippen molar-refractivity contribution in [1.82, 2.24) is 4.90 Å². The molecule has 0 aliphatic heterocycles. The average molecular weight is 312 g/mol. The second-order valence-electron chi connectivity index (χ2n) is 5.68. The van der Waals surface area contributed by atoms with Gasteiger partial charge in [0.05, 0.1) is 6.04 Å². The molecule has 122 valence electrons. The summed E-state index contributed by atoms with van der Waals surface area (Å²) in [6.07, 6.45) is 0. The summed E-state index contributed by atoms with van der Waals surface area (Å²) in [5, 5.41) is 2.95. The number of anilines is 1. The van der Waals surface area contributed by atoms with Crippen molar-refractivity contribution in [2.45, 2.75) is 19.9 Å². The van der Waals surface area contributed by atoms with Gasteiger partial charge < -0.3 is 10.1 Å². The molecule has 4 nitrogen and oxygen atoms in total. The van der Waals surface area contributed by atoms with Gasteiger partial charge in [0.15, 0.2) is 0 Å². The molecule has 0 spiro atoms. The Morgan fingerprint density at radius 2 is 1.91 bits per heavy atom. The van der Waals surface area contributed by atoms with Gasteiger partial charge in [-0.1, -0.05) is 30.3 Å². The Labute approximate surface area is 138 Å². The van der Waals surface area contributed by atoms with Crippen molar-refractivity contribution in [3.63, 3.8) is 0 Å². The van der Waals surface area contributed by atoms with Gasteiger partial charge in [-0.2, -0.15) is 0 Å². The van der Waals surface area contributed by atoms with Crippen LogP contribution in [0, 0.1) is 6.92 Å². The van der Waals surface area contributed by atoms with Gasteiger partial charge in [0.1, 0.15) is 12.4 Å². The molecule has 0 bridgehead atoms. The SMILES string of the molecule is Cc1cccc(NC(=O)C(C)N(C)CCOc2ccccc2)c1. The van der Waals surface area contributed by atoms with Crippen molar-refractivity contribution in [2.24, 2.45) is 0 Å². The first-order valence-electron chi connectivity index (χ1n) is 7.82. The Hall–Kier alpha value is -2.33. The van der Waals surface area contributed by atoms with E-state index in [0.29, 0.717) is 13.2 Å². The van der Waals surface area contributed by atoms with E-state index < -0.39 is 0 Å². The third-order valence-corrected chi connectivity index (χ3v) is 3.78. The number of hydrogen-bond acceptors (Lipinski definition) is 3. The maximum absolute atomic E-state index is 12.3. The number of nitrogens with one attached hydrogen (secondary N) is 1. The van der Waals surface area contributed by atoms with E-state index in [-0.39, 0.29) is 11.9 Å². The number of ether oxygens (including phenoxy) is 1. The second-order valence-corrected chi connectivity index (χ2v) is 5.68. The van der Waals surface area contributed by atoms with Gasteiger partial charge in [0.2, 0.25) is 5.91 Å². The van der Waals surface area contributed by atoms with Gasteiger partial charge in [-0.25, -0.2) is 0 Å². The van der Waals surface area contributed by atoms with Gasteiger partial charge in [0.25, 0.3) is 0 Å². The molecule has 0 aliphatic rings. The molecule has 1 unspecified atom stereocenters. The Morgan fingerprint density at radius 1 is 1.17 bits per heavy atom. The third kappa shape index (κ3) is 5.42. The Morgan fingerprint density at radius 3 is 2.61 bits per heavy atom. The highest BCUT2D eigenvalue weighted by Crippen LogP contribution is 2.11. The smallest absolute Gasteiger partial charge is 0.241 e. The van der Waals surface area contributed by atoms with Gasteiger partial charge in [-0.15, -0.1) is 0 Å². The van der Waals surface area contributed by atoms with Gasteiger partial charge >= 0.3 is 0 Å². The Balaban J connectivity index is 1.79. The molecule has 1 atom stereocenters. The van der Waals surface area contributed by atoms with E-state index in [1.807, 2.05) is 80.4 Å². The number of nitrogens with zero attached hydrogens (tertiary/aromatic N) is 1. The van der Waals surface area contributed by atoms with Crippen LogP contribution in [0.3, 0.4) is 0 Å². The van der Waals surface area contributed by atoms with Crippen LogP contribution in [0.2, 0.25) is 0 Å². The summed E-state index contributed by atoms with van der Waals surface area (Å²) in [7, 11) is 1.93. The molecule has 0 aromatic heterocycles. The first-order chi connectivity index (χ1) is 11.1. The van der Waals surface area contributed by atoms with Crippen LogP contribution in [-0.2, 0) is 4.79 Å². The number of aryl methyl sites for hydroxylation is 1. The number of para-hydroxylation sites is 1. The van der Waals surface area contributed by atoms with E-state index in [1.54, 1.807) is 0 Å². The fourth-order valence-corrected chi connectivity index (χ4v) is 2.19. The molecular weight excluding hydrogens is 288 g/mol. The van der Waals surface area contributed by atoms with Crippen molar-refractivity contribution in [2.75, 3.05) is 25.5 Å². The van der Waals surface area contributed by atoms with Crippen LogP contribution < -0.4 is 10.1 Å². The quantitative estimate of drug-likeness (QED) is 0.852. The maximum atomic E-state index is 12.3. The van der Waals surface area contributed by atoms with Crippen LogP contribution in [0.1, 0.15) is 12.5 Å². The molecule has 0 aliphatic carbocycles. The van der Waals surface area contributed by atoms with Crippen molar-refractivity contribution in [1.29, 1.82) is 0 Å². The Bertz CT molecular complexity index is 628. The summed E-state index contributed by atoms with van der Waals surface area (Å²) >= 11 is 0. The van der Waals surface area contributed by atoms with Crippen molar-refractivity contribution < 1.29 is 9.53 Å². The summed E-state index contributed by atoms with van der Waals surface area (Å²) < 4.78 is 5.67. The lowest BCUT2D eigenvalue weighted by Crippen LogP contribution is -2.41. The predicted octanol–water partition coefficient (Wildman–Crippen LogP) is 3.33. The first-order valence-corrected chi connectivity index (χ1v) is 7.82. The number of likely N-dealkylation sites (N-methyl/N-ethyl adjacent to an activating group) is 1. The zero-order valence-corrected chi connectivity index (χ0v) is 14.0. The lowest BCUT2D eigenvalue weighted by molar-refractivity contribution is -0.120. The molecule has 0 radical (unpaired) electrons. The van der Waals surface area contributed by atoms with Gasteiger partial charge in [0, 0.05) is 12.2 Å². The fraction of sp³-hybridized carbons (Fsp3) is 0.316. The lowest BCUT2D eigenvalue weighted by atomic mass is 10.2. The molecule has 2 aromatic rings. The largest absolute Gasteiger partial charge is 0.492 e. The summed E-state index contributed by atoms with van der Waals surface area (Å²) in [5.74, 6) is 0.829. The van der Waals surface area contributed by atoms with E-state index in [0.717, 1.165) is 17.0 Å². The number of benzene rings is 2. The van der Waals surface area contributed by atoms with E-state index in [1.165, 1.54) is 0 Å². The molecule has 0 fully saturated rings. The molecule has 1 amide bonds. The number of rotatable bonds is 7. The molecule has 0 saturated heterocycles. The van der Waals surface area contributed by atoms with Crippen molar-refractivity contribution >= 4 is 11.6 Å². The molecule has 0 heterocycles. The minimum atomic E-state index is -0.227. The van der Waals surface area contributed by atoms with Crippen LogP contribution in [0.15, 0.2) is 54.6 Å². The van der Waals surface area contributed by atoms with Crippen molar-refractivity contribution in [3.05, 3.63) is 60.2 Å². The molecule has 0 saturated carbocycles. The summed E-state index contributed by atoms with van der Waals surface area (Å²) in [4.78, 5) is 14.3. The zero-order valence-electron chi connectivity index (χ0n) is 14.0. The van der Waals surface area contributed by atoms with E-state index in [4.69, 9.17) is 4.74 Å². The minimum Gasteiger partial charge on any atom is -0.492 e. The van der Waals surface area contributed by atoms with Crippen LogP contribution >= 0.6 is 0 Å². The Kier molecular flexibility index (Phi) is 6.18. The first kappa shape index (κ1) is 17.0. The van der Waals surface area contributed by atoms with Crippen LogP contribution in [0.4, 0.5) is 5.69 Å². The molecule has 1 N–H and O–H groups in total. The lowest BCUT2D eigenvalue weighted by Gasteiger charge is -2.24. The maximum Gasteiger partial charge on any atom is 0.241 e. The highest BCUT2D eigenvalue weighted by Gasteiger charge is 2.18. The number of carbonyl (C=O) groups is 1. The van der Waals surface area contributed by atoms with Crippen LogP contribution in [-0.4, -0.2) is 37.0 Å². The number of hydrogen-bond donors (Lipinski definition) is 1.